The molecule has 0 spiro atoms. The van der Waals surface area contributed by atoms with Crippen LogP contribution in [0.1, 0.15) is 32.8 Å². The van der Waals surface area contributed by atoms with Gasteiger partial charge in [-0.05, 0) is 35.0 Å². The van der Waals surface area contributed by atoms with Crippen LogP contribution in [-0.4, -0.2) is 48.6 Å². The average Bonchev–Trinajstić information content (AvgIpc) is 2.46. The Morgan fingerprint density at radius 2 is 2.00 bits per heavy atom. The Bertz CT molecular complexity index is 442. The lowest BCUT2D eigenvalue weighted by Gasteiger charge is -2.36. The predicted octanol–water partition coefficient (Wildman–Crippen LogP) is 2.87. The van der Waals surface area contributed by atoms with Crippen molar-refractivity contribution in [2.75, 3.05) is 37.6 Å². The second-order valence-electron chi connectivity index (χ2n) is 6.00. The molecule has 1 aliphatic rings. The van der Waals surface area contributed by atoms with Gasteiger partial charge in [0.15, 0.2) is 0 Å². The van der Waals surface area contributed by atoms with E-state index in [1.165, 1.54) is 18.5 Å². The smallest absolute Gasteiger partial charge is 0.133 e. The Labute approximate surface area is 137 Å². The molecule has 1 aromatic heterocycles. The Hall–Kier alpha value is -0.650. The number of piperazine rings is 1. The molecule has 2 rings (SSSR count). The Morgan fingerprint density at radius 3 is 2.62 bits per heavy atom. The first kappa shape index (κ1) is 16.7. The predicted molar refractivity (Wildman–Crippen MR) is 92.9 cm³/mol. The first-order valence-electron chi connectivity index (χ1n) is 7.95. The van der Waals surface area contributed by atoms with Crippen molar-refractivity contribution in [3.05, 3.63) is 22.3 Å². The topological polar surface area (TPSA) is 31.4 Å². The molecule has 0 bridgehead atoms. The molecule has 1 aromatic rings. The maximum atomic E-state index is 4.67. The first-order valence-corrected chi connectivity index (χ1v) is 8.74. The molecule has 0 radical (unpaired) electrons. The summed E-state index contributed by atoms with van der Waals surface area (Å²) in [5, 5.41) is 3.50. The summed E-state index contributed by atoms with van der Waals surface area (Å²) in [5.74, 6) is 1.14. The highest BCUT2D eigenvalue weighted by Gasteiger charge is 2.19. The summed E-state index contributed by atoms with van der Waals surface area (Å²) in [5.41, 5.74) is 1.28. The molecule has 2 heterocycles. The van der Waals surface area contributed by atoms with Gasteiger partial charge >= 0.3 is 0 Å². The second kappa shape index (κ2) is 8.11. The minimum absolute atomic E-state index is 0.484. The molecule has 5 heteroatoms. The molecule has 0 amide bonds. The van der Waals surface area contributed by atoms with Crippen LogP contribution in [0.4, 0.5) is 5.82 Å². The number of pyridine rings is 1. The molecule has 0 aliphatic carbocycles. The highest BCUT2D eigenvalue weighted by Crippen LogP contribution is 2.23. The van der Waals surface area contributed by atoms with E-state index >= 15 is 0 Å². The van der Waals surface area contributed by atoms with Crippen molar-refractivity contribution in [3.8, 4) is 0 Å². The van der Waals surface area contributed by atoms with Crippen LogP contribution in [0.15, 0.2) is 16.7 Å². The number of nitrogens with zero attached hydrogens (tertiary/aromatic N) is 3. The van der Waals surface area contributed by atoms with Gasteiger partial charge in [-0.3, -0.25) is 4.90 Å². The van der Waals surface area contributed by atoms with E-state index in [0.717, 1.165) is 43.0 Å². The lowest BCUT2D eigenvalue weighted by Crippen LogP contribution is -2.47. The average molecular weight is 355 g/mol. The monoisotopic (exact) mass is 354 g/mol. The van der Waals surface area contributed by atoms with Gasteiger partial charge in [0.2, 0.25) is 0 Å². The highest BCUT2D eigenvalue weighted by molar-refractivity contribution is 9.10. The fraction of sp³-hybridized carbons (Fsp3) is 0.688. The summed E-state index contributed by atoms with van der Waals surface area (Å²) < 4.78 is 1.05. The standard InChI is InChI=1S/C16H27BrN4/c1-4-5-20-6-8-21(9-7-20)16-14(11-18-13(2)3)10-15(17)12-19-16/h10,12-13,18H,4-9,11H2,1-3H3. The molecule has 1 N–H and O–H groups in total. The first-order chi connectivity index (χ1) is 10.1. The number of nitrogens with one attached hydrogen (secondary N) is 1. The summed E-state index contributed by atoms with van der Waals surface area (Å²) in [4.78, 5) is 9.64. The maximum Gasteiger partial charge on any atom is 0.133 e. The van der Waals surface area contributed by atoms with Crippen LogP contribution in [0, 0.1) is 0 Å². The Balaban J connectivity index is 2.05. The zero-order chi connectivity index (χ0) is 15.2. The highest BCUT2D eigenvalue weighted by atomic mass is 79.9. The van der Waals surface area contributed by atoms with E-state index in [-0.39, 0.29) is 0 Å². The van der Waals surface area contributed by atoms with Gasteiger partial charge in [-0.1, -0.05) is 20.8 Å². The van der Waals surface area contributed by atoms with Crippen molar-refractivity contribution in [2.24, 2.45) is 0 Å². The van der Waals surface area contributed by atoms with Gasteiger partial charge in [0.25, 0.3) is 0 Å². The molecule has 0 atom stereocenters. The third kappa shape index (κ3) is 4.94. The largest absolute Gasteiger partial charge is 0.354 e. The number of rotatable bonds is 6. The van der Waals surface area contributed by atoms with Gasteiger partial charge in [-0.2, -0.15) is 0 Å². The van der Waals surface area contributed by atoms with Gasteiger partial charge in [0.1, 0.15) is 5.82 Å². The van der Waals surface area contributed by atoms with E-state index in [2.05, 4.69) is 62.9 Å². The number of halogens is 1. The molecule has 0 saturated carbocycles. The lowest BCUT2D eigenvalue weighted by atomic mass is 10.2. The van der Waals surface area contributed by atoms with Gasteiger partial charge in [0, 0.05) is 55.0 Å². The molecule has 0 aromatic carbocycles. The molecule has 0 unspecified atom stereocenters. The summed E-state index contributed by atoms with van der Waals surface area (Å²) in [6.45, 7) is 13.1. The van der Waals surface area contributed by atoms with E-state index in [1.807, 2.05) is 6.20 Å². The number of hydrogen-bond acceptors (Lipinski definition) is 4. The van der Waals surface area contributed by atoms with Crippen LogP contribution in [-0.2, 0) is 6.54 Å². The van der Waals surface area contributed by atoms with Crippen molar-refractivity contribution < 1.29 is 0 Å². The van der Waals surface area contributed by atoms with Gasteiger partial charge in [0.05, 0.1) is 0 Å². The van der Waals surface area contributed by atoms with Gasteiger partial charge < -0.3 is 10.2 Å². The SMILES string of the molecule is CCCN1CCN(c2ncc(Br)cc2CNC(C)C)CC1. The van der Waals surface area contributed by atoms with Crippen molar-refractivity contribution in [2.45, 2.75) is 39.8 Å². The zero-order valence-corrected chi connectivity index (χ0v) is 15.0. The van der Waals surface area contributed by atoms with Crippen molar-refractivity contribution in [1.82, 2.24) is 15.2 Å². The minimum atomic E-state index is 0.484. The van der Waals surface area contributed by atoms with Crippen LogP contribution in [0.5, 0.6) is 0 Å². The fourth-order valence-corrected chi connectivity index (χ4v) is 3.08. The minimum Gasteiger partial charge on any atom is -0.354 e. The number of aromatic nitrogens is 1. The molecular formula is C16H27BrN4. The second-order valence-corrected chi connectivity index (χ2v) is 6.92. The Kier molecular flexibility index (Phi) is 6.45. The van der Waals surface area contributed by atoms with Crippen LogP contribution >= 0.6 is 15.9 Å². The maximum absolute atomic E-state index is 4.67. The number of anilines is 1. The molecule has 118 valence electrons. The van der Waals surface area contributed by atoms with E-state index in [4.69, 9.17) is 0 Å². The molecular weight excluding hydrogens is 328 g/mol. The molecule has 4 nitrogen and oxygen atoms in total. The molecule has 1 fully saturated rings. The van der Waals surface area contributed by atoms with E-state index in [1.54, 1.807) is 0 Å². The summed E-state index contributed by atoms with van der Waals surface area (Å²) >= 11 is 3.54. The summed E-state index contributed by atoms with van der Waals surface area (Å²) in [7, 11) is 0. The molecule has 1 saturated heterocycles. The van der Waals surface area contributed by atoms with Crippen LogP contribution in [0.2, 0.25) is 0 Å². The van der Waals surface area contributed by atoms with Crippen molar-refractivity contribution >= 4 is 21.7 Å². The van der Waals surface area contributed by atoms with Crippen LogP contribution in [0.25, 0.3) is 0 Å². The van der Waals surface area contributed by atoms with Gasteiger partial charge in [-0.15, -0.1) is 0 Å². The number of hydrogen-bond donors (Lipinski definition) is 1. The van der Waals surface area contributed by atoms with Crippen molar-refractivity contribution in [3.63, 3.8) is 0 Å². The van der Waals surface area contributed by atoms with Gasteiger partial charge in [-0.25, -0.2) is 4.98 Å². The third-order valence-corrected chi connectivity index (χ3v) is 4.26. The third-order valence-electron chi connectivity index (χ3n) is 3.82. The fourth-order valence-electron chi connectivity index (χ4n) is 2.70. The Morgan fingerprint density at radius 1 is 1.29 bits per heavy atom. The van der Waals surface area contributed by atoms with E-state index in [0.29, 0.717) is 6.04 Å². The van der Waals surface area contributed by atoms with Crippen LogP contribution in [0.3, 0.4) is 0 Å². The summed E-state index contributed by atoms with van der Waals surface area (Å²) in [6.07, 6.45) is 3.15. The quantitative estimate of drug-likeness (QED) is 0.850. The molecule has 1 aliphatic heterocycles. The normalized spacial score (nSPS) is 16.7. The molecule has 21 heavy (non-hydrogen) atoms. The van der Waals surface area contributed by atoms with E-state index < -0.39 is 0 Å². The summed E-state index contributed by atoms with van der Waals surface area (Å²) in [6, 6.07) is 2.68. The van der Waals surface area contributed by atoms with E-state index in [9.17, 15) is 0 Å². The zero-order valence-electron chi connectivity index (χ0n) is 13.4. The van der Waals surface area contributed by atoms with Crippen LogP contribution < -0.4 is 10.2 Å². The van der Waals surface area contributed by atoms with Crippen molar-refractivity contribution in [1.29, 1.82) is 0 Å². The lowest BCUT2D eigenvalue weighted by molar-refractivity contribution is 0.257.